The number of hydrogen-bond donors (Lipinski definition) is 1. The van der Waals surface area contributed by atoms with Crippen molar-refractivity contribution in [2.24, 2.45) is 5.92 Å². The van der Waals surface area contributed by atoms with Crippen molar-refractivity contribution in [2.75, 3.05) is 6.54 Å². The van der Waals surface area contributed by atoms with E-state index < -0.39 is 0 Å². The maximum atomic E-state index is 3.48. The Morgan fingerprint density at radius 1 is 1.40 bits per heavy atom. The van der Waals surface area contributed by atoms with Crippen LogP contribution in [0.3, 0.4) is 0 Å². The van der Waals surface area contributed by atoms with E-state index in [1.807, 2.05) is 0 Å². The number of allylic oxidation sites excluding steroid dienone is 1. The molecule has 0 fully saturated rings. The number of hydrogen-bond acceptors (Lipinski definition) is 1. The lowest BCUT2D eigenvalue weighted by Crippen LogP contribution is -2.35. The van der Waals surface area contributed by atoms with Crippen LogP contribution in [0.2, 0.25) is 0 Å². The molecule has 1 heteroatoms. The van der Waals surface area contributed by atoms with Crippen molar-refractivity contribution in [3.63, 3.8) is 0 Å². The van der Waals surface area contributed by atoms with Crippen LogP contribution in [-0.2, 0) is 0 Å². The molecular formula is C9H17N. The molecule has 0 spiro atoms. The first-order chi connectivity index (χ1) is 4.84. The van der Waals surface area contributed by atoms with Crippen molar-refractivity contribution in [1.82, 2.24) is 5.32 Å². The van der Waals surface area contributed by atoms with Gasteiger partial charge in [0.25, 0.3) is 0 Å². The molecule has 1 nitrogen and oxygen atoms in total. The summed E-state index contributed by atoms with van der Waals surface area (Å²) in [5.41, 5.74) is 0. The first-order valence-electron chi connectivity index (χ1n) is 4.23. The lowest BCUT2D eigenvalue weighted by molar-refractivity contribution is 0.375. The Morgan fingerprint density at radius 3 is 2.70 bits per heavy atom. The summed E-state index contributed by atoms with van der Waals surface area (Å²) in [6.07, 6.45) is 7.04. The van der Waals surface area contributed by atoms with Crippen molar-refractivity contribution >= 4 is 0 Å². The maximum absolute atomic E-state index is 3.48. The number of rotatable bonds is 2. The van der Waals surface area contributed by atoms with Crippen LogP contribution in [0.25, 0.3) is 0 Å². The minimum Gasteiger partial charge on any atom is -0.314 e. The summed E-state index contributed by atoms with van der Waals surface area (Å²) in [6.45, 7) is 5.59. The molecule has 0 heterocycles. The topological polar surface area (TPSA) is 12.0 Å². The highest BCUT2D eigenvalue weighted by molar-refractivity contribution is 4.96. The van der Waals surface area contributed by atoms with E-state index in [2.05, 4.69) is 31.3 Å². The van der Waals surface area contributed by atoms with Crippen molar-refractivity contribution in [3.8, 4) is 0 Å². The van der Waals surface area contributed by atoms with E-state index in [1.165, 1.54) is 12.8 Å². The summed E-state index contributed by atoms with van der Waals surface area (Å²) in [5, 5.41) is 3.48. The molecule has 1 unspecified atom stereocenters. The molecule has 0 saturated heterocycles. The van der Waals surface area contributed by atoms with Gasteiger partial charge in [-0.15, -0.1) is 0 Å². The SMILES string of the molecule is CCN[C@H]1CC=CCC1C. The van der Waals surface area contributed by atoms with Gasteiger partial charge in [0.2, 0.25) is 0 Å². The molecule has 0 bridgehead atoms. The molecule has 1 N–H and O–H groups in total. The molecule has 2 atom stereocenters. The average Bonchev–Trinajstić information content (AvgIpc) is 1.94. The fourth-order valence-electron chi connectivity index (χ4n) is 1.50. The molecule has 0 saturated carbocycles. The predicted octanol–water partition coefficient (Wildman–Crippen LogP) is 1.95. The van der Waals surface area contributed by atoms with Crippen LogP contribution in [0.5, 0.6) is 0 Å². The second kappa shape index (κ2) is 3.77. The van der Waals surface area contributed by atoms with Gasteiger partial charge in [-0.25, -0.2) is 0 Å². The molecule has 58 valence electrons. The molecule has 0 aromatic rings. The molecule has 0 aromatic carbocycles. The lowest BCUT2D eigenvalue weighted by atomic mass is 9.91. The van der Waals surface area contributed by atoms with E-state index in [9.17, 15) is 0 Å². The van der Waals surface area contributed by atoms with Crippen LogP contribution in [0.15, 0.2) is 12.2 Å². The quantitative estimate of drug-likeness (QED) is 0.577. The zero-order chi connectivity index (χ0) is 7.40. The van der Waals surface area contributed by atoms with Gasteiger partial charge in [0, 0.05) is 6.04 Å². The Kier molecular flexibility index (Phi) is 2.94. The molecule has 10 heavy (non-hydrogen) atoms. The highest BCUT2D eigenvalue weighted by Crippen LogP contribution is 2.17. The van der Waals surface area contributed by atoms with Crippen LogP contribution in [-0.4, -0.2) is 12.6 Å². The van der Waals surface area contributed by atoms with Crippen LogP contribution in [0, 0.1) is 5.92 Å². The Morgan fingerprint density at radius 2 is 2.10 bits per heavy atom. The zero-order valence-electron chi connectivity index (χ0n) is 6.93. The molecule has 0 amide bonds. The first-order valence-corrected chi connectivity index (χ1v) is 4.23. The molecule has 1 aliphatic carbocycles. The highest BCUT2D eigenvalue weighted by Gasteiger charge is 2.15. The smallest absolute Gasteiger partial charge is 0.0130 e. The third kappa shape index (κ3) is 1.84. The molecule has 0 radical (unpaired) electrons. The number of nitrogens with one attached hydrogen (secondary N) is 1. The summed E-state index contributed by atoms with van der Waals surface area (Å²) in [7, 11) is 0. The van der Waals surface area contributed by atoms with Gasteiger partial charge in [0.15, 0.2) is 0 Å². The van der Waals surface area contributed by atoms with Crippen LogP contribution in [0.1, 0.15) is 26.7 Å². The standard InChI is InChI=1S/C9H17N/c1-3-10-9-7-5-4-6-8(9)2/h4-5,8-10H,3,6-7H2,1-2H3/t8?,9-/m0/s1. The van der Waals surface area contributed by atoms with Crippen LogP contribution < -0.4 is 5.32 Å². The Hall–Kier alpha value is -0.300. The maximum Gasteiger partial charge on any atom is 0.0130 e. The van der Waals surface area contributed by atoms with Gasteiger partial charge in [0.1, 0.15) is 0 Å². The monoisotopic (exact) mass is 139 g/mol. The van der Waals surface area contributed by atoms with E-state index >= 15 is 0 Å². The third-order valence-corrected chi connectivity index (χ3v) is 2.22. The molecule has 0 aliphatic heterocycles. The predicted molar refractivity (Wildman–Crippen MR) is 45.0 cm³/mol. The average molecular weight is 139 g/mol. The second-order valence-electron chi connectivity index (χ2n) is 3.08. The van der Waals surface area contributed by atoms with Gasteiger partial charge in [-0.1, -0.05) is 26.0 Å². The Bertz CT molecular complexity index is 118. The Labute approximate surface area is 63.5 Å². The third-order valence-electron chi connectivity index (χ3n) is 2.22. The van der Waals surface area contributed by atoms with Crippen molar-refractivity contribution in [3.05, 3.63) is 12.2 Å². The summed E-state index contributed by atoms with van der Waals surface area (Å²) < 4.78 is 0. The molecule has 1 aliphatic rings. The van der Waals surface area contributed by atoms with Crippen LogP contribution in [0.4, 0.5) is 0 Å². The first kappa shape index (κ1) is 7.80. The van der Waals surface area contributed by atoms with Gasteiger partial charge in [-0.2, -0.15) is 0 Å². The van der Waals surface area contributed by atoms with Crippen molar-refractivity contribution in [2.45, 2.75) is 32.7 Å². The summed E-state index contributed by atoms with van der Waals surface area (Å²) in [6, 6.07) is 0.731. The molecular weight excluding hydrogens is 122 g/mol. The normalized spacial score (nSPS) is 32.6. The summed E-state index contributed by atoms with van der Waals surface area (Å²) in [5.74, 6) is 0.824. The van der Waals surface area contributed by atoms with Crippen LogP contribution >= 0.6 is 0 Å². The van der Waals surface area contributed by atoms with E-state index in [4.69, 9.17) is 0 Å². The summed E-state index contributed by atoms with van der Waals surface area (Å²) in [4.78, 5) is 0. The molecule has 0 aromatic heterocycles. The van der Waals surface area contributed by atoms with Crippen molar-refractivity contribution in [1.29, 1.82) is 0 Å². The second-order valence-corrected chi connectivity index (χ2v) is 3.08. The van der Waals surface area contributed by atoms with Gasteiger partial charge >= 0.3 is 0 Å². The zero-order valence-corrected chi connectivity index (χ0v) is 6.93. The van der Waals surface area contributed by atoms with E-state index in [0.29, 0.717) is 0 Å². The van der Waals surface area contributed by atoms with Gasteiger partial charge in [0.05, 0.1) is 0 Å². The van der Waals surface area contributed by atoms with E-state index in [-0.39, 0.29) is 0 Å². The minimum absolute atomic E-state index is 0.731. The fraction of sp³-hybridized carbons (Fsp3) is 0.778. The molecule has 1 rings (SSSR count). The van der Waals surface area contributed by atoms with E-state index in [0.717, 1.165) is 18.5 Å². The Balaban J connectivity index is 2.35. The summed E-state index contributed by atoms with van der Waals surface area (Å²) >= 11 is 0. The largest absolute Gasteiger partial charge is 0.314 e. The lowest BCUT2D eigenvalue weighted by Gasteiger charge is -2.25. The fourth-order valence-corrected chi connectivity index (χ4v) is 1.50. The van der Waals surface area contributed by atoms with Gasteiger partial charge in [-0.3, -0.25) is 0 Å². The minimum atomic E-state index is 0.731. The highest BCUT2D eigenvalue weighted by atomic mass is 14.9. The van der Waals surface area contributed by atoms with Gasteiger partial charge in [-0.05, 0) is 25.3 Å². The van der Waals surface area contributed by atoms with Gasteiger partial charge < -0.3 is 5.32 Å². The van der Waals surface area contributed by atoms with Crippen molar-refractivity contribution < 1.29 is 0 Å². The van der Waals surface area contributed by atoms with E-state index in [1.54, 1.807) is 0 Å².